The summed E-state index contributed by atoms with van der Waals surface area (Å²) in [5.41, 5.74) is 0. The zero-order valence-corrected chi connectivity index (χ0v) is 13.8. The maximum atomic E-state index is 13.3. The Bertz CT molecular complexity index is 485. The number of alkyl halides is 2. The first-order valence-electron chi connectivity index (χ1n) is 8.78. The molecule has 2 saturated heterocycles. The van der Waals surface area contributed by atoms with Crippen molar-refractivity contribution in [1.29, 1.82) is 0 Å². The Morgan fingerprint density at radius 3 is 2.17 bits per heavy atom. The van der Waals surface area contributed by atoms with Crippen LogP contribution in [0.5, 0.6) is 0 Å². The average Bonchev–Trinajstić information content (AvgIpc) is 3.04. The summed E-state index contributed by atoms with van der Waals surface area (Å²) in [5, 5.41) is 9.17. The fourth-order valence-electron chi connectivity index (χ4n) is 4.16. The predicted octanol–water partition coefficient (Wildman–Crippen LogP) is 1.85. The lowest BCUT2D eigenvalue weighted by molar-refractivity contribution is -0.138. The molecule has 0 aromatic heterocycles. The molecule has 1 saturated carbocycles. The standard InChI is InChI=1S/C16H25F2N3O3/c17-16(18)5-3-12(4-6-16)19-8-10-20(11-9-19)14(22)13-2-1-7-21(13)15(23)24/h12-13H,1-11H2,(H,23,24)/t13-/m0/s1. The summed E-state index contributed by atoms with van der Waals surface area (Å²) < 4.78 is 26.5. The highest BCUT2D eigenvalue weighted by Crippen LogP contribution is 2.35. The maximum absolute atomic E-state index is 13.3. The van der Waals surface area contributed by atoms with Gasteiger partial charge in [0, 0.05) is 51.6 Å². The third kappa shape index (κ3) is 3.63. The topological polar surface area (TPSA) is 64.1 Å². The largest absolute Gasteiger partial charge is 0.465 e. The van der Waals surface area contributed by atoms with Gasteiger partial charge < -0.3 is 10.0 Å². The monoisotopic (exact) mass is 345 g/mol. The van der Waals surface area contributed by atoms with Crippen LogP contribution in [0, 0.1) is 0 Å². The predicted molar refractivity (Wildman–Crippen MR) is 83.1 cm³/mol. The first-order chi connectivity index (χ1) is 11.4. The van der Waals surface area contributed by atoms with E-state index in [-0.39, 0.29) is 24.8 Å². The molecule has 3 aliphatic rings. The number of halogens is 2. The number of amides is 2. The fraction of sp³-hybridized carbons (Fsp3) is 0.875. The number of hydrogen-bond acceptors (Lipinski definition) is 3. The van der Waals surface area contributed by atoms with Crippen molar-refractivity contribution in [3.05, 3.63) is 0 Å². The van der Waals surface area contributed by atoms with Crippen molar-refractivity contribution in [1.82, 2.24) is 14.7 Å². The van der Waals surface area contributed by atoms with Gasteiger partial charge in [0.25, 0.3) is 0 Å². The molecule has 2 amide bonds. The molecular weight excluding hydrogens is 320 g/mol. The van der Waals surface area contributed by atoms with Crippen LogP contribution in [0.15, 0.2) is 0 Å². The van der Waals surface area contributed by atoms with E-state index < -0.39 is 18.1 Å². The lowest BCUT2D eigenvalue weighted by Gasteiger charge is -2.42. The van der Waals surface area contributed by atoms with E-state index in [0.717, 1.165) is 6.42 Å². The van der Waals surface area contributed by atoms with Gasteiger partial charge >= 0.3 is 6.09 Å². The minimum atomic E-state index is -2.52. The number of piperazine rings is 1. The van der Waals surface area contributed by atoms with Crippen molar-refractivity contribution in [3.8, 4) is 0 Å². The number of carboxylic acid groups (broad SMARTS) is 1. The summed E-state index contributed by atoms with van der Waals surface area (Å²) in [6.45, 7) is 2.89. The van der Waals surface area contributed by atoms with Crippen LogP contribution in [-0.2, 0) is 4.79 Å². The van der Waals surface area contributed by atoms with Crippen LogP contribution >= 0.6 is 0 Å². The molecule has 3 fully saturated rings. The van der Waals surface area contributed by atoms with Gasteiger partial charge in [0.1, 0.15) is 6.04 Å². The molecule has 2 heterocycles. The molecule has 8 heteroatoms. The fourth-order valence-corrected chi connectivity index (χ4v) is 4.16. The highest BCUT2D eigenvalue weighted by molar-refractivity contribution is 5.86. The van der Waals surface area contributed by atoms with E-state index in [0.29, 0.717) is 52.0 Å². The summed E-state index contributed by atoms with van der Waals surface area (Å²) in [6, 6.07) is -0.369. The second kappa shape index (κ2) is 6.82. The first kappa shape index (κ1) is 17.4. The van der Waals surface area contributed by atoms with Crippen molar-refractivity contribution in [2.24, 2.45) is 0 Å². The van der Waals surface area contributed by atoms with Gasteiger partial charge in [-0.05, 0) is 25.7 Å². The van der Waals surface area contributed by atoms with E-state index >= 15 is 0 Å². The molecule has 0 bridgehead atoms. The van der Waals surface area contributed by atoms with Crippen LogP contribution in [0.3, 0.4) is 0 Å². The van der Waals surface area contributed by atoms with E-state index in [4.69, 9.17) is 0 Å². The van der Waals surface area contributed by atoms with E-state index in [1.54, 1.807) is 4.90 Å². The molecule has 0 radical (unpaired) electrons. The number of carbonyl (C=O) groups excluding carboxylic acids is 1. The van der Waals surface area contributed by atoms with E-state index in [2.05, 4.69) is 4.90 Å². The van der Waals surface area contributed by atoms with E-state index in [1.165, 1.54) is 4.90 Å². The van der Waals surface area contributed by atoms with E-state index in [9.17, 15) is 23.5 Å². The summed E-state index contributed by atoms with van der Waals surface area (Å²) in [6.07, 6.45) is 1.20. The lowest BCUT2D eigenvalue weighted by atomic mass is 9.91. The van der Waals surface area contributed by atoms with Crippen LogP contribution in [0.4, 0.5) is 13.6 Å². The number of rotatable bonds is 2. The Hall–Kier alpha value is -1.44. The van der Waals surface area contributed by atoms with Crippen LogP contribution in [0.25, 0.3) is 0 Å². The quantitative estimate of drug-likeness (QED) is 0.830. The summed E-state index contributed by atoms with van der Waals surface area (Å²) in [4.78, 5) is 29.0. The normalized spacial score (nSPS) is 29.0. The maximum Gasteiger partial charge on any atom is 0.407 e. The molecule has 136 valence electrons. The molecule has 2 aliphatic heterocycles. The number of likely N-dealkylation sites (tertiary alicyclic amines) is 1. The Morgan fingerprint density at radius 2 is 1.58 bits per heavy atom. The van der Waals surface area contributed by atoms with Crippen molar-refractivity contribution < 1.29 is 23.5 Å². The zero-order valence-electron chi connectivity index (χ0n) is 13.8. The van der Waals surface area contributed by atoms with Gasteiger partial charge in [-0.25, -0.2) is 13.6 Å². The molecule has 24 heavy (non-hydrogen) atoms. The molecule has 6 nitrogen and oxygen atoms in total. The van der Waals surface area contributed by atoms with Gasteiger partial charge in [0.05, 0.1) is 0 Å². The number of hydrogen-bond donors (Lipinski definition) is 1. The minimum Gasteiger partial charge on any atom is -0.465 e. The van der Waals surface area contributed by atoms with Crippen LogP contribution < -0.4 is 0 Å². The molecule has 1 atom stereocenters. The third-order valence-corrected chi connectivity index (χ3v) is 5.61. The van der Waals surface area contributed by atoms with Gasteiger partial charge in [-0.1, -0.05) is 0 Å². The minimum absolute atomic E-state index is 0.0491. The number of nitrogens with zero attached hydrogens (tertiary/aromatic N) is 3. The van der Waals surface area contributed by atoms with Gasteiger partial charge in [-0.3, -0.25) is 14.6 Å². The van der Waals surface area contributed by atoms with Gasteiger partial charge in [0.15, 0.2) is 0 Å². The molecule has 0 spiro atoms. The molecule has 1 aliphatic carbocycles. The second-order valence-corrected chi connectivity index (χ2v) is 7.08. The Kier molecular flexibility index (Phi) is 4.94. The molecule has 0 unspecified atom stereocenters. The van der Waals surface area contributed by atoms with Gasteiger partial charge in [-0.2, -0.15) is 0 Å². The zero-order chi connectivity index (χ0) is 17.3. The van der Waals surface area contributed by atoms with E-state index in [1.807, 2.05) is 0 Å². The Balaban J connectivity index is 1.50. The van der Waals surface area contributed by atoms with Crippen LogP contribution in [0.2, 0.25) is 0 Å². The first-order valence-corrected chi connectivity index (χ1v) is 8.78. The summed E-state index contributed by atoms with van der Waals surface area (Å²) in [5.74, 6) is -2.62. The highest BCUT2D eigenvalue weighted by Gasteiger charge is 2.40. The highest BCUT2D eigenvalue weighted by atomic mass is 19.3. The van der Waals surface area contributed by atoms with Gasteiger partial charge in [0.2, 0.25) is 11.8 Å². The van der Waals surface area contributed by atoms with Crippen molar-refractivity contribution in [3.63, 3.8) is 0 Å². The summed E-state index contributed by atoms with van der Waals surface area (Å²) in [7, 11) is 0. The third-order valence-electron chi connectivity index (χ3n) is 5.61. The molecule has 0 aromatic rings. The number of carbonyl (C=O) groups is 2. The lowest BCUT2D eigenvalue weighted by Crippen LogP contribution is -2.56. The van der Waals surface area contributed by atoms with Crippen molar-refractivity contribution in [2.75, 3.05) is 32.7 Å². The molecule has 0 aromatic carbocycles. The van der Waals surface area contributed by atoms with Crippen molar-refractivity contribution in [2.45, 2.75) is 56.5 Å². The Labute approximate surface area is 140 Å². The summed E-state index contributed by atoms with van der Waals surface area (Å²) >= 11 is 0. The van der Waals surface area contributed by atoms with Gasteiger partial charge in [-0.15, -0.1) is 0 Å². The van der Waals surface area contributed by atoms with Crippen molar-refractivity contribution >= 4 is 12.0 Å². The smallest absolute Gasteiger partial charge is 0.407 e. The molecule has 1 N–H and O–H groups in total. The van der Waals surface area contributed by atoms with Crippen LogP contribution in [-0.4, -0.2) is 82.5 Å². The SMILES string of the molecule is O=C([C@@H]1CCCN1C(=O)O)N1CCN(C2CCC(F)(F)CC2)CC1. The van der Waals surface area contributed by atoms with Crippen LogP contribution in [0.1, 0.15) is 38.5 Å². The second-order valence-electron chi connectivity index (χ2n) is 7.08. The molecular formula is C16H25F2N3O3. The average molecular weight is 345 g/mol. The Morgan fingerprint density at radius 1 is 0.958 bits per heavy atom. The molecule has 3 rings (SSSR count).